The van der Waals surface area contributed by atoms with Gasteiger partial charge in [0.2, 0.25) is 0 Å². The van der Waals surface area contributed by atoms with Crippen LogP contribution in [-0.4, -0.2) is 15.1 Å². The summed E-state index contributed by atoms with van der Waals surface area (Å²) in [4.78, 5) is 6.09. The molecule has 4 heteroatoms. The number of rotatable bonds is 3. The molecule has 0 fully saturated rings. The van der Waals surface area contributed by atoms with E-state index in [2.05, 4.69) is 16.5 Å². The molecule has 2 rings (SSSR count). The standard InChI is InChI=1S/C12H12N2OS/c1-2-5-9-11(14-12(16)13-9)8-6-3-4-7-10(8)15/h2-4,6-7,15H,1,5H2,(H2,13,14,16). The summed E-state index contributed by atoms with van der Waals surface area (Å²) in [6, 6.07) is 7.15. The van der Waals surface area contributed by atoms with E-state index in [0.29, 0.717) is 11.2 Å². The van der Waals surface area contributed by atoms with E-state index >= 15 is 0 Å². The minimum atomic E-state index is 0.234. The molecule has 1 aromatic heterocycles. The van der Waals surface area contributed by atoms with Gasteiger partial charge in [-0.3, -0.25) is 0 Å². The van der Waals surface area contributed by atoms with Crippen LogP contribution in [0.4, 0.5) is 0 Å². The van der Waals surface area contributed by atoms with Gasteiger partial charge in [-0.1, -0.05) is 18.2 Å². The Morgan fingerprint density at radius 2 is 2.06 bits per heavy atom. The van der Waals surface area contributed by atoms with Crippen molar-refractivity contribution in [3.8, 4) is 17.0 Å². The predicted octanol–water partition coefficient (Wildman–Crippen LogP) is 3.17. The van der Waals surface area contributed by atoms with Crippen LogP contribution in [-0.2, 0) is 6.42 Å². The van der Waals surface area contributed by atoms with E-state index < -0.39 is 0 Å². The lowest BCUT2D eigenvalue weighted by Gasteiger charge is -2.03. The maximum Gasteiger partial charge on any atom is 0.175 e. The molecule has 2 aromatic rings. The molecule has 0 saturated carbocycles. The van der Waals surface area contributed by atoms with Crippen LogP contribution in [0.1, 0.15) is 5.69 Å². The van der Waals surface area contributed by atoms with E-state index in [-0.39, 0.29) is 5.75 Å². The fourth-order valence-corrected chi connectivity index (χ4v) is 1.86. The highest BCUT2D eigenvalue weighted by molar-refractivity contribution is 7.71. The summed E-state index contributed by atoms with van der Waals surface area (Å²) in [5.74, 6) is 0.234. The molecule has 0 aliphatic carbocycles. The van der Waals surface area contributed by atoms with Gasteiger partial charge in [0.15, 0.2) is 4.77 Å². The first-order chi connectivity index (χ1) is 7.72. The number of hydrogen-bond donors (Lipinski definition) is 3. The van der Waals surface area contributed by atoms with Crippen LogP contribution in [0.15, 0.2) is 36.9 Å². The molecule has 0 bridgehead atoms. The number of aromatic nitrogens is 2. The van der Waals surface area contributed by atoms with Gasteiger partial charge in [-0.05, 0) is 24.4 Å². The number of para-hydroxylation sites is 1. The first-order valence-electron chi connectivity index (χ1n) is 4.93. The third-order valence-corrected chi connectivity index (χ3v) is 2.53. The second-order valence-electron chi connectivity index (χ2n) is 3.44. The number of aromatic hydroxyl groups is 1. The van der Waals surface area contributed by atoms with E-state index in [1.807, 2.05) is 12.1 Å². The first kappa shape index (κ1) is 10.7. The van der Waals surface area contributed by atoms with Crippen molar-refractivity contribution in [2.45, 2.75) is 6.42 Å². The topological polar surface area (TPSA) is 51.8 Å². The number of nitrogens with one attached hydrogen (secondary N) is 2. The highest BCUT2D eigenvalue weighted by atomic mass is 32.1. The van der Waals surface area contributed by atoms with Crippen molar-refractivity contribution >= 4 is 12.2 Å². The van der Waals surface area contributed by atoms with Crippen LogP contribution >= 0.6 is 12.2 Å². The first-order valence-corrected chi connectivity index (χ1v) is 5.33. The van der Waals surface area contributed by atoms with Gasteiger partial charge in [-0.15, -0.1) is 6.58 Å². The van der Waals surface area contributed by atoms with Gasteiger partial charge in [0, 0.05) is 17.7 Å². The summed E-state index contributed by atoms with van der Waals surface area (Å²) in [6.45, 7) is 3.69. The predicted molar refractivity (Wildman–Crippen MR) is 67.0 cm³/mol. The Morgan fingerprint density at radius 3 is 2.75 bits per heavy atom. The molecule has 3 nitrogen and oxygen atoms in total. The van der Waals surface area contributed by atoms with Crippen LogP contribution in [0, 0.1) is 4.77 Å². The lowest BCUT2D eigenvalue weighted by molar-refractivity contribution is 0.477. The number of allylic oxidation sites excluding steroid dienone is 1. The molecule has 0 saturated heterocycles. The highest BCUT2D eigenvalue weighted by Gasteiger charge is 2.10. The minimum Gasteiger partial charge on any atom is -0.507 e. The Labute approximate surface area is 98.5 Å². The molecule has 3 N–H and O–H groups in total. The average Bonchev–Trinajstić information content (AvgIpc) is 2.61. The summed E-state index contributed by atoms with van der Waals surface area (Å²) in [5.41, 5.74) is 2.50. The molecule has 0 unspecified atom stereocenters. The SMILES string of the molecule is C=CCc1[nH]c(=S)[nH]c1-c1ccccc1O. The van der Waals surface area contributed by atoms with Crippen molar-refractivity contribution in [2.24, 2.45) is 0 Å². The van der Waals surface area contributed by atoms with E-state index in [4.69, 9.17) is 12.2 Å². The molecular formula is C12H12N2OS. The normalized spacial score (nSPS) is 10.2. The van der Waals surface area contributed by atoms with Crippen molar-refractivity contribution in [2.75, 3.05) is 0 Å². The summed E-state index contributed by atoms with van der Waals surface area (Å²) in [6.07, 6.45) is 2.47. The quantitative estimate of drug-likeness (QED) is 0.562. The summed E-state index contributed by atoms with van der Waals surface area (Å²) in [5, 5.41) is 9.77. The Bertz CT molecular complexity index is 568. The van der Waals surface area contributed by atoms with Gasteiger partial charge < -0.3 is 15.1 Å². The molecule has 82 valence electrons. The zero-order valence-corrected chi connectivity index (χ0v) is 9.47. The zero-order valence-electron chi connectivity index (χ0n) is 8.66. The van der Waals surface area contributed by atoms with Crippen molar-refractivity contribution in [1.29, 1.82) is 0 Å². The molecule has 16 heavy (non-hydrogen) atoms. The van der Waals surface area contributed by atoms with Crippen molar-refractivity contribution in [3.63, 3.8) is 0 Å². The molecule has 0 spiro atoms. The number of benzene rings is 1. The largest absolute Gasteiger partial charge is 0.507 e. The molecule has 0 atom stereocenters. The van der Waals surface area contributed by atoms with Gasteiger partial charge in [-0.2, -0.15) is 0 Å². The monoisotopic (exact) mass is 232 g/mol. The van der Waals surface area contributed by atoms with Gasteiger partial charge in [-0.25, -0.2) is 0 Å². The van der Waals surface area contributed by atoms with Gasteiger partial charge in [0.25, 0.3) is 0 Å². The minimum absolute atomic E-state index is 0.234. The van der Waals surface area contributed by atoms with Crippen LogP contribution in [0.5, 0.6) is 5.75 Å². The number of H-pyrrole nitrogens is 2. The Kier molecular flexibility index (Phi) is 2.92. The number of hydrogen-bond acceptors (Lipinski definition) is 2. The molecular weight excluding hydrogens is 220 g/mol. The third kappa shape index (κ3) is 1.92. The van der Waals surface area contributed by atoms with E-state index in [0.717, 1.165) is 17.0 Å². The fraction of sp³-hybridized carbons (Fsp3) is 0.0833. The van der Waals surface area contributed by atoms with E-state index in [9.17, 15) is 5.11 Å². The Hall–Kier alpha value is -1.81. The Balaban J connectivity index is 2.59. The second kappa shape index (κ2) is 4.37. The number of phenolic OH excluding ortho intramolecular Hbond substituents is 1. The number of aromatic amines is 2. The van der Waals surface area contributed by atoms with E-state index in [1.165, 1.54) is 0 Å². The smallest absolute Gasteiger partial charge is 0.175 e. The number of imidazole rings is 1. The summed E-state index contributed by atoms with van der Waals surface area (Å²) >= 11 is 5.05. The second-order valence-corrected chi connectivity index (χ2v) is 3.85. The molecule has 1 aromatic carbocycles. The number of phenols is 1. The van der Waals surface area contributed by atoms with Crippen molar-refractivity contribution < 1.29 is 5.11 Å². The molecule has 0 radical (unpaired) electrons. The Morgan fingerprint density at radius 1 is 1.31 bits per heavy atom. The van der Waals surface area contributed by atoms with Crippen LogP contribution in [0.3, 0.4) is 0 Å². The molecule has 0 aliphatic heterocycles. The lowest BCUT2D eigenvalue weighted by atomic mass is 10.1. The molecule has 0 amide bonds. The summed E-state index contributed by atoms with van der Waals surface area (Å²) in [7, 11) is 0. The van der Waals surface area contributed by atoms with Gasteiger partial charge in [0.05, 0.1) is 5.69 Å². The van der Waals surface area contributed by atoms with Crippen LogP contribution in [0.25, 0.3) is 11.3 Å². The van der Waals surface area contributed by atoms with Gasteiger partial charge >= 0.3 is 0 Å². The van der Waals surface area contributed by atoms with Crippen LogP contribution in [0.2, 0.25) is 0 Å². The third-order valence-electron chi connectivity index (χ3n) is 2.33. The summed E-state index contributed by atoms with van der Waals surface area (Å²) < 4.78 is 0.551. The van der Waals surface area contributed by atoms with Gasteiger partial charge in [0.1, 0.15) is 5.75 Å². The van der Waals surface area contributed by atoms with Crippen molar-refractivity contribution in [1.82, 2.24) is 9.97 Å². The zero-order chi connectivity index (χ0) is 11.5. The van der Waals surface area contributed by atoms with E-state index in [1.54, 1.807) is 18.2 Å². The lowest BCUT2D eigenvalue weighted by Crippen LogP contribution is -1.87. The molecule has 1 heterocycles. The average molecular weight is 232 g/mol. The fourth-order valence-electron chi connectivity index (χ4n) is 1.63. The maximum absolute atomic E-state index is 9.77. The highest BCUT2D eigenvalue weighted by Crippen LogP contribution is 2.29. The van der Waals surface area contributed by atoms with Crippen molar-refractivity contribution in [3.05, 3.63) is 47.4 Å². The van der Waals surface area contributed by atoms with Crippen LogP contribution < -0.4 is 0 Å². The maximum atomic E-state index is 9.77. The molecule has 0 aliphatic rings.